The van der Waals surface area contributed by atoms with Crippen molar-refractivity contribution in [2.45, 2.75) is 11.0 Å². The predicted octanol–water partition coefficient (Wildman–Crippen LogP) is 3.25. The highest BCUT2D eigenvalue weighted by Gasteiger charge is 2.50. The topological polar surface area (TPSA) is 95.3 Å². The van der Waals surface area contributed by atoms with Crippen LogP contribution >= 0.6 is 0 Å². The van der Waals surface area contributed by atoms with Gasteiger partial charge in [-0.2, -0.15) is 48.3 Å². The van der Waals surface area contributed by atoms with Crippen molar-refractivity contribution in [3.05, 3.63) is 36.3 Å². The first-order valence-electron chi connectivity index (χ1n) is 6.99. The summed E-state index contributed by atoms with van der Waals surface area (Å²) in [6.07, 6.45) is 0.311. The Hall–Kier alpha value is -2.62. The molecule has 0 fully saturated rings. The standard InChI is InChI=1S/C13H5F7N2O5S2/c14-8-3-1-2-6-4-9-7(5-21-22(9)28(23,24)12(15,16)17)11(10(6)8)27-29(25,26)13(18,19)20/h1-5H. The second kappa shape index (κ2) is 6.19. The Morgan fingerprint density at radius 3 is 2.14 bits per heavy atom. The van der Waals surface area contributed by atoms with Crippen molar-refractivity contribution in [3.63, 3.8) is 0 Å². The van der Waals surface area contributed by atoms with Crippen molar-refractivity contribution < 1.29 is 51.8 Å². The second-order valence-corrected chi connectivity index (χ2v) is 8.69. The molecular formula is C13H5F7N2O5S2. The van der Waals surface area contributed by atoms with Gasteiger partial charge in [0, 0.05) is 0 Å². The van der Waals surface area contributed by atoms with Crippen molar-refractivity contribution in [2.24, 2.45) is 0 Å². The molecule has 0 spiro atoms. The molecule has 29 heavy (non-hydrogen) atoms. The van der Waals surface area contributed by atoms with Crippen molar-refractivity contribution in [2.75, 3.05) is 0 Å². The number of benzene rings is 2. The average molecular weight is 466 g/mol. The molecule has 0 aliphatic rings. The van der Waals surface area contributed by atoms with Crippen molar-refractivity contribution in [3.8, 4) is 5.75 Å². The summed E-state index contributed by atoms with van der Waals surface area (Å²) >= 11 is 0. The average Bonchev–Trinajstić information content (AvgIpc) is 2.96. The van der Waals surface area contributed by atoms with Crippen LogP contribution in [0.2, 0.25) is 0 Å². The van der Waals surface area contributed by atoms with Gasteiger partial charge in [-0.3, -0.25) is 0 Å². The highest BCUT2D eigenvalue weighted by atomic mass is 32.2. The molecule has 1 heterocycles. The lowest BCUT2D eigenvalue weighted by atomic mass is 10.1. The third kappa shape index (κ3) is 3.25. The summed E-state index contributed by atoms with van der Waals surface area (Å²) < 4.78 is 140. The lowest BCUT2D eigenvalue weighted by Gasteiger charge is -2.14. The van der Waals surface area contributed by atoms with E-state index in [1.165, 1.54) is 0 Å². The van der Waals surface area contributed by atoms with Crippen LogP contribution in [0.15, 0.2) is 30.5 Å². The predicted molar refractivity (Wildman–Crippen MR) is 83.2 cm³/mol. The normalized spacial score (nSPS) is 13.9. The molecule has 158 valence electrons. The largest absolute Gasteiger partial charge is 0.534 e. The number of fused-ring (bicyclic) bond motifs is 2. The van der Waals surface area contributed by atoms with E-state index in [0.717, 1.165) is 18.2 Å². The summed E-state index contributed by atoms with van der Waals surface area (Å²) in [6, 6.07) is 3.39. The fourth-order valence-electron chi connectivity index (χ4n) is 2.37. The first kappa shape index (κ1) is 21.1. The molecule has 0 radical (unpaired) electrons. The van der Waals surface area contributed by atoms with Crippen molar-refractivity contribution >= 4 is 41.8 Å². The Morgan fingerprint density at radius 1 is 0.966 bits per heavy atom. The third-order valence-electron chi connectivity index (χ3n) is 3.58. The zero-order chi connectivity index (χ0) is 22.0. The maximum atomic E-state index is 14.2. The maximum absolute atomic E-state index is 14.2. The van der Waals surface area contributed by atoms with Crippen LogP contribution in [0.1, 0.15) is 0 Å². The van der Waals surface area contributed by atoms with Crippen LogP contribution in [0, 0.1) is 5.82 Å². The quantitative estimate of drug-likeness (QED) is 0.334. The van der Waals surface area contributed by atoms with Gasteiger partial charge in [-0.05, 0) is 17.5 Å². The lowest BCUT2D eigenvalue weighted by Crippen LogP contribution is -2.30. The van der Waals surface area contributed by atoms with E-state index in [1.807, 2.05) is 0 Å². The summed E-state index contributed by atoms with van der Waals surface area (Å²) in [4.78, 5) is 0. The van der Waals surface area contributed by atoms with Crippen molar-refractivity contribution in [1.29, 1.82) is 0 Å². The number of hydrogen-bond acceptors (Lipinski definition) is 6. The Bertz CT molecular complexity index is 1340. The third-order valence-corrected chi connectivity index (χ3v) is 5.86. The number of halogens is 7. The molecule has 2 aromatic carbocycles. The molecule has 0 aliphatic heterocycles. The monoisotopic (exact) mass is 466 g/mol. The summed E-state index contributed by atoms with van der Waals surface area (Å²) in [6.45, 7) is 0. The molecule has 0 saturated heterocycles. The molecule has 0 bridgehead atoms. The van der Waals surface area contributed by atoms with Crippen LogP contribution < -0.4 is 4.18 Å². The minimum absolute atomic E-state index is 0.311. The van der Waals surface area contributed by atoms with Gasteiger partial charge in [-0.25, -0.2) is 4.39 Å². The molecule has 0 aliphatic carbocycles. The molecule has 0 saturated carbocycles. The van der Waals surface area contributed by atoms with Gasteiger partial charge in [0.2, 0.25) is 0 Å². The van der Waals surface area contributed by atoms with Gasteiger partial charge in [-0.15, -0.1) is 4.09 Å². The summed E-state index contributed by atoms with van der Waals surface area (Å²) in [5, 5.41) is 0.778. The van der Waals surface area contributed by atoms with E-state index in [2.05, 4.69) is 9.28 Å². The SMILES string of the molecule is O=S(=O)(Oc1c2cnn(S(=O)(=O)C(F)(F)F)c2cc2cccc(F)c12)C(F)(F)F. The molecule has 3 aromatic rings. The zero-order valence-corrected chi connectivity index (χ0v) is 14.9. The van der Waals surface area contributed by atoms with Gasteiger partial charge >= 0.3 is 31.2 Å². The van der Waals surface area contributed by atoms with Gasteiger partial charge in [-0.1, -0.05) is 12.1 Å². The minimum Gasteiger partial charge on any atom is -0.374 e. The first-order chi connectivity index (χ1) is 13.1. The van der Waals surface area contributed by atoms with Gasteiger partial charge < -0.3 is 4.18 Å². The number of alkyl halides is 6. The molecule has 7 nitrogen and oxygen atoms in total. The Morgan fingerprint density at radius 2 is 1.59 bits per heavy atom. The van der Waals surface area contributed by atoms with E-state index in [1.54, 1.807) is 0 Å². The van der Waals surface area contributed by atoms with Crippen LogP contribution in [0.25, 0.3) is 21.7 Å². The summed E-state index contributed by atoms with van der Waals surface area (Å²) in [7, 11) is -12.5. The zero-order valence-electron chi connectivity index (χ0n) is 13.3. The van der Waals surface area contributed by atoms with Crippen LogP contribution in [-0.4, -0.2) is 37.0 Å². The van der Waals surface area contributed by atoms with E-state index in [0.29, 0.717) is 12.3 Å². The highest BCUT2D eigenvalue weighted by Crippen LogP contribution is 2.40. The Labute approximate surface area is 156 Å². The smallest absolute Gasteiger partial charge is 0.374 e. The second-order valence-electron chi connectivity index (χ2n) is 5.40. The van der Waals surface area contributed by atoms with Gasteiger partial charge in [0.1, 0.15) is 5.82 Å². The van der Waals surface area contributed by atoms with Crippen LogP contribution in [0.3, 0.4) is 0 Å². The van der Waals surface area contributed by atoms with E-state index < -0.39 is 68.5 Å². The number of aromatic nitrogens is 2. The van der Waals surface area contributed by atoms with Gasteiger partial charge in [0.25, 0.3) is 0 Å². The van der Waals surface area contributed by atoms with E-state index in [-0.39, 0.29) is 0 Å². The summed E-state index contributed by atoms with van der Waals surface area (Å²) in [5.41, 5.74) is -12.8. The molecule has 16 heteroatoms. The molecule has 0 atom stereocenters. The molecule has 3 rings (SSSR count). The van der Waals surface area contributed by atoms with Crippen LogP contribution in [0.4, 0.5) is 30.7 Å². The van der Waals surface area contributed by atoms with E-state index in [4.69, 9.17) is 0 Å². The molecule has 0 amide bonds. The van der Waals surface area contributed by atoms with E-state index in [9.17, 15) is 47.6 Å². The molecule has 0 N–H and O–H groups in total. The Balaban J connectivity index is 2.46. The number of hydrogen-bond donors (Lipinski definition) is 0. The maximum Gasteiger partial charge on any atom is 0.534 e. The van der Waals surface area contributed by atoms with Crippen molar-refractivity contribution in [1.82, 2.24) is 9.19 Å². The fourth-order valence-corrected chi connectivity index (χ4v) is 3.63. The highest BCUT2D eigenvalue weighted by molar-refractivity contribution is 7.90. The first-order valence-corrected chi connectivity index (χ1v) is 9.84. The lowest BCUT2D eigenvalue weighted by molar-refractivity contribution is -0.0499. The van der Waals surface area contributed by atoms with Gasteiger partial charge in [0.15, 0.2) is 5.75 Å². The van der Waals surface area contributed by atoms with E-state index >= 15 is 0 Å². The Kier molecular flexibility index (Phi) is 4.50. The molecule has 0 unspecified atom stereocenters. The van der Waals surface area contributed by atoms with Crippen LogP contribution in [-0.2, 0) is 20.1 Å². The van der Waals surface area contributed by atoms with Crippen LogP contribution in [0.5, 0.6) is 5.75 Å². The van der Waals surface area contributed by atoms with Gasteiger partial charge in [0.05, 0.1) is 22.5 Å². The number of rotatable bonds is 3. The fraction of sp³-hybridized carbons (Fsp3) is 0.154. The number of nitrogens with zero attached hydrogens (tertiary/aromatic N) is 2. The minimum atomic E-state index is -6.38. The molecular weight excluding hydrogens is 461 g/mol. The summed E-state index contributed by atoms with van der Waals surface area (Å²) in [5.74, 6) is -2.64. The molecule has 1 aromatic heterocycles.